The minimum Gasteiger partial charge on any atom is -0.481 e. The maximum absolute atomic E-state index is 5.07. The molecule has 2 aromatic rings. The van der Waals surface area contributed by atoms with Crippen molar-refractivity contribution in [1.82, 2.24) is 15.2 Å². The number of nitrogens with zero attached hydrogens (tertiary/aromatic N) is 3. The Hall–Kier alpha value is -2.56. The fourth-order valence-electron chi connectivity index (χ4n) is 2.32. The van der Waals surface area contributed by atoms with Crippen LogP contribution in [0.15, 0.2) is 47.6 Å². The van der Waals surface area contributed by atoms with E-state index in [9.17, 15) is 0 Å². The van der Waals surface area contributed by atoms with Gasteiger partial charge in [0.2, 0.25) is 5.88 Å². The summed E-state index contributed by atoms with van der Waals surface area (Å²) in [6.07, 6.45) is 1.81. The highest BCUT2D eigenvalue weighted by Gasteiger charge is 2.08. The van der Waals surface area contributed by atoms with E-state index in [0.717, 1.165) is 18.1 Å². The Morgan fingerprint density at radius 2 is 2.04 bits per heavy atom. The molecule has 0 spiro atoms. The molecule has 0 aliphatic rings. The van der Waals surface area contributed by atoms with Crippen molar-refractivity contribution in [2.45, 2.75) is 20.0 Å². The van der Waals surface area contributed by atoms with Crippen molar-refractivity contribution in [1.29, 1.82) is 0 Å². The van der Waals surface area contributed by atoms with Gasteiger partial charge in [0.05, 0.1) is 7.11 Å². The van der Waals surface area contributed by atoms with E-state index in [1.165, 1.54) is 11.1 Å². The molecule has 2 rings (SSSR count). The summed E-state index contributed by atoms with van der Waals surface area (Å²) in [7, 11) is 5.44. The second-order valence-electron chi connectivity index (χ2n) is 5.39. The lowest BCUT2D eigenvalue weighted by atomic mass is 10.1. The van der Waals surface area contributed by atoms with Crippen LogP contribution in [0.5, 0.6) is 5.88 Å². The van der Waals surface area contributed by atoms with Crippen LogP contribution in [0.25, 0.3) is 0 Å². The van der Waals surface area contributed by atoms with Crippen molar-refractivity contribution >= 4 is 5.96 Å². The van der Waals surface area contributed by atoms with E-state index in [2.05, 4.69) is 51.4 Å². The first-order valence-electron chi connectivity index (χ1n) is 7.59. The molecule has 0 unspecified atom stereocenters. The average Bonchev–Trinajstić information content (AvgIpc) is 2.58. The van der Waals surface area contributed by atoms with Gasteiger partial charge in [-0.2, -0.15) is 0 Å². The van der Waals surface area contributed by atoms with Gasteiger partial charge in [-0.3, -0.25) is 4.99 Å². The number of methoxy groups -OCH3 is 1. The number of aliphatic imine (C=N–C) groups is 1. The zero-order chi connectivity index (χ0) is 16.7. The van der Waals surface area contributed by atoms with Crippen molar-refractivity contribution in [2.24, 2.45) is 4.99 Å². The minimum atomic E-state index is 0.620. The summed E-state index contributed by atoms with van der Waals surface area (Å²) in [6, 6.07) is 12.2. The van der Waals surface area contributed by atoms with Crippen LogP contribution in [0, 0.1) is 6.92 Å². The number of nitrogens with one attached hydrogen (secondary N) is 1. The summed E-state index contributed by atoms with van der Waals surface area (Å²) >= 11 is 0. The number of hydrogen-bond donors (Lipinski definition) is 1. The quantitative estimate of drug-likeness (QED) is 0.681. The van der Waals surface area contributed by atoms with Crippen molar-refractivity contribution < 1.29 is 4.74 Å². The first-order valence-corrected chi connectivity index (χ1v) is 7.59. The Balaban J connectivity index is 1.95. The predicted molar refractivity (Wildman–Crippen MR) is 93.6 cm³/mol. The van der Waals surface area contributed by atoms with E-state index >= 15 is 0 Å². The Bertz CT molecular complexity index is 652. The molecule has 1 aromatic carbocycles. The summed E-state index contributed by atoms with van der Waals surface area (Å²) < 4.78 is 5.07. The molecule has 23 heavy (non-hydrogen) atoms. The number of benzene rings is 1. The Morgan fingerprint density at radius 3 is 2.65 bits per heavy atom. The molecule has 5 nitrogen and oxygen atoms in total. The van der Waals surface area contributed by atoms with Crippen molar-refractivity contribution in [2.75, 3.05) is 21.2 Å². The van der Waals surface area contributed by atoms with Crippen LogP contribution in [-0.2, 0) is 13.1 Å². The first-order chi connectivity index (χ1) is 11.1. The highest BCUT2D eigenvalue weighted by molar-refractivity contribution is 5.79. The second kappa shape index (κ2) is 8.17. The topological polar surface area (TPSA) is 49.8 Å². The van der Waals surface area contributed by atoms with Gasteiger partial charge in [-0.05, 0) is 23.6 Å². The predicted octanol–water partition coefficient (Wildman–Crippen LogP) is 2.61. The van der Waals surface area contributed by atoms with Gasteiger partial charge >= 0.3 is 0 Å². The Morgan fingerprint density at radius 1 is 1.26 bits per heavy atom. The highest BCUT2D eigenvalue weighted by Crippen LogP contribution is 2.10. The lowest BCUT2D eigenvalue weighted by molar-refractivity contribution is 0.397. The van der Waals surface area contributed by atoms with Gasteiger partial charge in [-0.25, -0.2) is 4.98 Å². The molecule has 0 saturated heterocycles. The number of pyridine rings is 1. The van der Waals surface area contributed by atoms with E-state index in [1.54, 1.807) is 20.4 Å². The van der Waals surface area contributed by atoms with Gasteiger partial charge in [0.1, 0.15) is 0 Å². The fraction of sp³-hybridized carbons (Fsp3) is 0.333. The third-order valence-electron chi connectivity index (χ3n) is 3.70. The van der Waals surface area contributed by atoms with Gasteiger partial charge in [-0.1, -0.05) is 30.3 Å². The van der Waals surface area contributed by atoms with Crippen LogP contribution in [0.4, 0.5) is 0 Å². The van der Waals surface area contributed by atoms with Crippen LogP contribution < -0.4 is 10.1 Å². The van der Waals surface area contributed by atoms with E-state index < -0.39 is 0 Å². The molecule has 0 aliphatic carbocycles. The third-order valence-corrected chi connectivity index (χ3v) is 3.70. The van der Waals surface area contributed by atoms with Gasteiger partial charge in [0, 0.05) is 39.4 Å². The first kappa shape index (κ1) is 16.8. The van der Waals surface area contributed by atoms with Crippen LogP contribution in [0.2, 0.25) is 0 Å². The van der Waals surface area contributed by atoms with Crippen molar-refractivity contribution in [3.05, 3.63) is 59.3 Å². The van der Waals surface area contributed by atoms with E-state index in [1.807, 2.05) is 19.2 Å². The number of aryl methyl sites for hydroxylation is 1. The SMILES string of the molecule is CN=C(NCc1ccc(OC)nc1)N(C)Cc1ccccc1C. The van der Waals surface area contributed by atoms with Crippen LogP contribution >= 0.6 is 0 Å². The lowest BCUT2D eigenvalue weighted by Gasteiger charge is -2.23. The largest absolute Gasteiger partial charge is 0.481 e. The molecule has 0 radical (unpaired) electrons. The van der Waals surface area contributed by atoms with E-state index in [0.29, 0.717) is 12.4 Å². The summed E-state index contributed by atoms with van der Waals surface area (Å²) in [4.78, 5) is 10.7. The molecular formula is C18H24N4O. The van der Waals surface area contributed by atoms with E-state index in [-0.39, 0.29) is 0 Å². The normalized spacial score (nSPS) is 11.2. The van der Waals surface area contributed by atoms with Crippen molar-refractivity contribution in [3.8, 4) is 5.88 Å². The van der Waals surface area contributed by atoms with Gasteiger partial charge < -0.3 is 15.0 Å². The summed E-state index contributed by atoms with van der Waals surface area (Å²) in [5, 5.41) is 3.36. The van der Waals surface area contributed by atoms with Crippen molar-refractivity contribution in [3.63, 3.8) is 0 Å². The van der Waals surface area contributed by atoms with Crippen LogP contribution in [-0.4, -0.2) is 37.0 Å². The molecule has 1 N–H and O–H groups in total. The molecule has 1 aromatic heterocycles. The molecule has 1 heterocycles. The number of aromatic nitrogens is 1. The van der Waals surface area contributed by atoms with Gasteiger partial charge in [-0.15, -0.1) is 0 Å². The zero-order valence-electron chi connectivity index (χ0n) is 14.2. The maximum atomic E-state index is 5.07. The van der Waals surface area contributed by atoms with Crippen LogP contribution in [0.1, 0.15) is 16.7 Å². The standard InChI is InChI=1S/C18H24N4O/c1-14-7-5-6-8-16(14)13-22(3)18(19-2)21-12-15-9-10-17(23-4)20-11-15/h5-11H,12-13H2,1-4H3,(H,19,21). The summed E-state index contributed by atoms with van der Waals surface area (Å²) in [5.74, 6) is 1.47. The van der Waals surface area contributed by atoms with Gasteiger partial charge in [0.15, 0.2) is 5.96 Å². The third kappa shape index (κ3) is 4.71. The second-order valence-corrected chi connectivity index (χ2v) is 5.39. The smallest absolute Gasteiger partial charge is 0.212 e. The summed E-state index contributed by atoms with van der Waals surface area (Å²) in [6.45, 7) is 3.61. The molecule has 0 aliphatic heterocycles. The lowest BCUT2D eigenvalue weighted by Crippen LogP contribution is -2.38. The Labute approximate surface area is 138 Å². The summed E-state index contributed by atoms with van der Waals surface area (Å²) in [5.41, 5.74) is 3.66. The number of rotatable bonds is 5. The molecule has 0 saturated carbocycles. The zero-order valence-corrected chi connectivity index (χ0v) is 14.2. The molecule has 5 heteroatoms. The highest BCUT2D eigenvalue weighted by atomic mass is 16.5. The average molecular weight is 312 g/mol. The van der Waals surface area contributed by atoms with Gasteiger partial charge in [0.25, 0.3) is 0 Å². The molecular weight excluding hydrogens is 288 g/mol. The monoisotopic (exact) mass is 312 g/mol. The maximum Gasteiger partial charge on any atom is 0.212 e. The number of hydrogen-bond acceptors (Lipinski definition) is 3. The molecule has 0 atom stereocenters. The number of guanidine groups is 1. The fourth-order valence-corrected chi connectivity index (χ4v) is 2.32. The molecule has 0 bridgehead atoms. The Kier molecular flexibility index (Phi) is 5.97. The van der Waals surface area contributed by atoms with E-state index in [4.69, 9.17) is 4.74 Å². The number of ether oxygens (including phenoxy) is 1. The molecule has 0 fully saturated rings. The molecule has 0 amide bonds. The van der Waals surface area contributed by atoms with Crippen LogP contribution in [0.3, 0.4) is 0 Å². The minimum absolute atomic E-state index is 0.620. The molecule has 122 valence electrons.